The van der Waals surface area contributed by atoms with Crippen LogP contribution in [0.2, 0.25) is 0 Å². The molecule has 0 unspecified atom stereocenters. The quantitative estimate of drug-likeness (QED) is 0.267. The van der Waals surface area contributed by atoms with Crippen molar-refractivity contribution in [2.75, 3.05) is 27.4 Å². The van der Waals surface area contributed by atoms with Gasteiger partial charge < -0.3 is 14.8 Å². The number of rotatable bonds is 6. The Bertz CT molecular complexity index is 474. The summed E-state index contributed by atoms with van der Waals surface area (Å²) in [5, 5.41) is 7.32. The van der Waals surface area contributed by atoms with Gasteiger partial charge >= 0.3 is 5.97 Å². The molecule has 2 N–H and O–H groups in total. The summed E-state index contributed by atoms with van der Waals surface area (Å²) in [6.07, 6.45) is 1.60. The van der Waals surface area contributed by atoms with Crippen molar-refractivity contribution in [2.45, 2.75) is 0 Å². The summed E-state index contributed by atoms with van der Waals surface area (Å²) in [5.74, 6) is -0.366. The molecule has 108 valence electrons. The second-order valence-corrected chi connectivity index (χ2v) is 4.14. The van der Waals surface area contributed by atoms with Crippen molar-refractivity contribution in [1.29, 1.82) is 0 Å². The Labute approximate surface area is 123 Å². The number of nitrogens with zero attached hydrogens (tertiary/aromatic N) is 1. The first kappa shape index (κ1) is 16.1. The number of hydrogen-bond donors (Lipinski definition) is 2. The average Bonchev–Trinajstić information content (AvgIpc) is 2.47. The second-order valence-electron chi connectivity index (χ2n) is 3.73. The van der Waals surface area contributed by atoms with E-state index in [0.29, 0.717) is 23.8 Å². The van der Waals surface area contributed by atoms with Gasteiger partial charge in [-0.15, -0.1) is 0 Å². The number of thiocarbonyl (C=S) groups is 1. The van der Waals surface area contributed by atoms with Gasteiger partial charge in [-0.25, -0.2) is 4.79 Å². The van der Waals surface area contributed by atoms with Crippen molar-refractivity contribution in [3.8, 4) is 0 Å². The van der Waals surface area contributed by atoms with Crippen molar-refractivity contribution >= 4 is 29.5 Å². The summed E-state index contributed by atoms with van der Waals surface area (Å²) in [5.41, 5.74) is 4.01. The smallest absolute Gasteiger partial charge is 0.337 e. The summed E-state index contributed by atoms with van der Waals surface area (Å²) in [7, 11) is 2.97. The van der Waals surface area contributed by atoms with Crippen molar-refractivity contribution in [1.82, 2.24) is 10.7 Å². The van der Waals surface area contributed by atoms with Crippen LogP contribution in [-0.4, -0.2) is 44.7 Å². The first-order chi connectivity index (χ1) is 9.67. The van der Waals surface area contributed by atoms with Crippen LogP contribution in [0.4, 0.5) is 0 Å². The first-order valence-corrected chi connectivity index (χ1v) is 6.32. The summed E-state index contributed by atoms with van der Waals surface area (Å²) in [6, 6.07) is 6.86. The molecule has 0 bridgehead atoms. The predicted octanol–water partition coefficient (Wildman–Crippen LogP) is 0.918. The van der Waals surface area contributed by atoms with Crippen molar-refractivity contribution in [3.63, 3.8) is 0 Å². The topological polar surface area (TPSA) is 72.0 Å². The van der Waals surface area contributed by atoms with Gasteiger partial charge in [0, 0.05) is 13.7 Å². The van der Waals surface area contributed by atoms with Gasteiger partial charge in [-0.1, -0.05) is 12.1 Å². The SMILES string of the molecule is COCCNC(=S)N/N=C\c1ccc(C(=O)OC)cc1. The molecule has 1 rings (SSSR count). The normalized spacial score (nSPS) is 10.3. The van der Waals surface area contributed by atoms with E-state index < -0.39 is 0 Å². The fraction of sp³-hybridized carbons (Fsp3) is 0.308. The van der Waals surface area contributed by atoms with Crippen LogP contribution in [0.25, 0.3) is 0 Å². The van der Waals surface area contributed by atoms with Crippen LogP contribution < -0.4 is 10.7 Å². The minimum absolute atomic E-state index is 0.366. The molecule has 6 nitrogen and oxygen atoms in total. The third kappa shape index (κ3) is 5.77. The average molecular weight is 295 g/mol. The second kappa shape index (κ2) is 9.00. The van der Waals surface area contributed by atoms with Crippen LogP contribution in [0.3, 0.4) is 0 Å². The Morgan fingerprint density at radius 1 is 1.35 bits per heavy atom. The monoisotopic (exact) mass is 295 g/mol. The van der Waals surface area contributed by atoms with Crippen LogP contribution in [0, 0.1) is 0 Å². The number of hydrazone groups is 1. The van der Waals surface area contributed by atoms with Gasteiger partial charge in [0.25, 0.3) is 0 Å². The van der Waals surface area contributed by atoms with E-state index in [-0.39, 0.29) is 5.97 Å². The van der Waals surface area contributed by atoms with E-state index in [0.717, 1.165) is 5.56 Å². The molecule has 0 radical (unpaired) electrons. The highest BCUT2D eigenvalue weighted by Gasteiger charge is 2.03. The Balaban J connectivity index is 2.42. The highest BCUT2D eigenvalue weighted by atomic mass is 32.1. The summed E-state index contributed by atoms with van der Waals surface area (Å²) < 4.78 is 9.49. The molecule has 0 spiro atoms. The molecule has 0 aliphatic rings. The van der Waals surface area contributed by atoms with Crippen LogP contribution in [-0.2, 0) is 9.47 Å². The van der Waals surface area contributed by atoms with Crippen LogP contribution >= 0.6 is 12.2 Å². The highest BCUT2D eigenvalue weighted by Crippen LogP contribution is 2.03. The van der Waals surface area contributed by atoms with E-state index >= 15 is 0 Å². The zero-order valence-corrected chi connectivity index (χ0v) is 12.2. The van der Waals surface area contributed by atoms with Gasteiger partial charge in [-0.3, -0.25) is 5.43 Å². The van der Waals surface area contributed by atoms with Gasteiger partial charge in [-0.05, 0) is 29.9 Å². The number of esters is 1. The molecule has 20 heavy (non-hydrogen) atoms. The van der Waals surface area contributed by atoms with Crippen molar-refractivity contribution in [2.24, 2.45) is 5.10 Å². The fourth-order valence-corrected chi connectivity index (χ4v) is 1.45. The van der Waals surface area contributed by atoms with Crippen LogP contribution in [0.1, 0.15) is 15.9 Å². The largest absolute Gasteiger partial charge is 0.465 e. The van der Waals surface area contributed by atoms with E-state index in [1.807, 2.05) is 0 Å². The zero-order chi connectivity index (χ0) is 14.8. The lowest BCUT2D eigenvalue weighted by Gasteiger charge is -2.05. The standard InChI is InChI=1S/C13H17N3O3S/c1-18-8-7-14-13(20)16-15-9-10-3-5-11(6-4-10)12(17)19-2/h3-6,9H,7-8H2,1-2H3,(H2,14,16,20)/b15-9-. The maximum Gasteiger partial charge on any atom is 0.337 e. The molecule has 0 aliphatic heterocycles. The Morgan fingerprint density at radius 2 is 2.05 bits per heavy atom. The molecule has 0 fully saturated rings. The van der Waals surface area contributed by atoms with E-state index in [1.54, 1.807) is 37.6 Å². The third-order valence-electron chi connectivity index (χ3n) is 2.30. The molecule has 1 aromatic rings. The van der Waals surface area contributed by atoms with Gasteiger partial charge in [0.1, 0.15) is 0 Å². The lowest BCUT2D eigenvalue weighted by molar-refractivity contribution is 0.0601. The Kier molecular flexibility index (Phi) is 7.23. The molecule has 0 heterocycles. The van der Waals surface area contributed by atoms with E-state index in [2.05, 4.69) is 20.6 Å². The highest BCUT2D eigenvalue weighted by molar-refractivity contribution is 7.80. The number of methoxy groups -OCH3 is 2. The molecule has 0 saturated heterocycles. The molecule has 0 aromatic heterocycles. The van der Waals surface area contributed by atoms with Crippen molar-refractivity contribution in [3.05, 3.63) is 35.4 Å². The van der Waals surface area contributed by atoms with Crippen LogP contribution in [0.15, 0.2) is 29.4 Å². The Hall–Kier alpha value is -1.99. The molecule has 0 amide bonds. The van der Waals surface area contributed by atoms with E-state index in [4.69, 9.17) is 17.0 Å². The summed E-state index contributed by atoms with van der Waals surface area (Å²) in [6.45, 7) is 1.19. The summed E-state index contributed by atoms with van der Waals surface area (Å²) in [4.78, 5) is 11.2. The fourth-order valence-electron chi connectivity index (χ4n) is 1.29. The molecule has 1 aromatic carbocycles. The number of ether oxygens (including phenoxy) is 2. The third-order valence-corrected chi connectivity index (χ3v) is 2.54. The molecule has 0 saturated carbocycles. The number of nitrogens with one attached hydrogen (secondary N) is 2. The Morgan fingerprint density at radius 3 is 2.65 bits per heavy atom. The first-order valence-electron chi connectivity index (χ1n) is 5.91. The summed E-state index contributed by atoms with van der Waals surface area (Å²) >= 11 is 5.00. The lowest BCUT2D eigenvalue weighted by atomic mass is 10.1. The molecular formula is C13H17N3O3S. The maximum atomic E-state index is 11.2. The van der Waals surface area contributed by atoms with Gasteiger partial charge in [0.2, 0.25) is 0 Å². The zero-order valence-electron chi connectivity index (χ0n) is 11.4. The van der Waals surface area contributed by atoms with Crippen molar-refractivity contribution < 1.29 is 14.3 Å². The van der Waals surface area contributed by atoms with Crippen LogP contribution in [0.5, 0.6) is 0 Å². The van der Waals surface area contributed by atoms with E-state index in [1.165, 1.54) is 7.11 Å². The number of benzene rings is 1. The van der Waals surface area contributed by atoms with Gasteiger partial charge in [0.15, 0.2) is 5.11 Å². The predicted molar refractivity (Wildman–Crippen MR) is 81.0 cm³/mol. The number of hydrogen-bond acceptors (Lipinski definition) is 5. The lowest BCUT2D eigenvalue weighted by Crippen LogP contribution is -2.34. The molecule has 7 heteroatoms. The minimum atomic E-state index is -0.366. The van der Waals surface area contributed by atoms with E-state index in [9.17, 15) is 4.79 Å². The molecular weight excluding hydrogens is 278 g/mol. The number of carbonyl (C=O) groups excluding carboxylic acids is 1. The maximum absolute atomic E-state index is 11.2. The number of carbonyl (C=O) groups is 1. The molecule has 0 atom stereocenters. The van der Waals surface area contributed by atoms with Gasteiger partial charge in [0.05, 0.1) is 25.5 Å². The minimum Gasteiger partial charge on any atom is -0.465 e. The molecule has 0 aliphatic carbocycles. The van der Waals surface area contributed by atoms with Gasteiger partial charge in [-0.2, -0.15) is 5.10 Å².